The fourth-order valence-electron chi connectivity index (χ4n) is 5.08. The van der Waals surface area contributed by atoms with E-state index in [9.17, 15) is 5.11 Å². The summed E-state index contributed by atoms with van der Waals surface area (Å²) in [4.78, 5) is 4.82. The van der Waals surface area contributed by atoms with Crippen LogP contribution in [-0.2, 0) is 0 Å². The van der Waals surface area contributed by atoms with Crippen LogP contribution in [0.5, 0.6) is 0 Å². The van der Waals surface area contributed by atoms with Crippen LogP contribution in [0.2, 0.25) is 0 Å². The molecule has 4 nitrogen and oxygen atoms in total. The summed E-state index contributed by atoms with van der Waals surface area (Å²) in [6.45, 7) is 18.8. The van der Waals surface area contributed by atoms with Crippen molar-refractivity contribution in [2.24, 2.45) is 0 Å². The summed E-state index contributed by atoms with van der Waals surface area (Å²) in [6.07, 6.45) is 5.42. The van der Waals surface area contributed by atoms with Crippen molar-refractivity contribution in [3.63, 3.8) is 0 Å². The number of hydrogen-bond donors (Lipinski definition) is 2. The molecule has 2 saturated heterocycles. The second kappa shape index (κ2) is 7.84. The summed E-state index contributed by atoms with van der Waals surface area (Å²) in [5.74, 6) is 0. The Morgan fingerprint density at radius 1 is 0.800 bits per heavy atom. The van der Waals surface area contributed by atoms with E-state index in [0.29, 0.717) is 17.6 Å². The molecule has 2 N–H and O–H groups in total. The minimum absolute atomic E-state index is 0.0239. The Morgan fingerprint density at radius 2 is 1.20 bits per heavy atom. The van der Waals surface area contributed by atoms with Crippen molar-refractivity contribution in [1.29, 1.82) is 0 Å². The molecular formula is C21H44N2O2. The Balaban J connectivity index is 0.000000257. The van der Waals surface area contributed by atoms with Gasteiger partial charge in [0, 0.05) is 28.7 Å². The van der Waals surface area contributed by atoms with E-state index in [-0.39, 0.29) is 23.8 Å². The smallest absolute Gasteiger partial charge is 0.0575 e. The normalized spacial score (nSPS) is 28.9. The molecule has 0 saturated carbocycles. The van der Waals surface area contributed by atoms with E-state index in [1.54, 1.807) is 0 Å². The Labute approximate surface area is 156 Å². The third kappa shape index (κ3) is 5.66. The van der Waals surface area contributed by atoms with Crippen molar-refractivity contribution in [2.75, 3.05) is 20.2 Å². The van der Waals surface area contributed by atoms with Crippen LogP contribution in [0, 0.1) is 0 Å². The SMILES string of the molecule is CC1(C)CC(O)CC(C)(C)N1CCO.CN1C(C)(C)CCCC1(C)C. The molecule has 0 aromatic heterocycles. The average Bonchev–Trinajstić information content (AvgIpc) is 2.39. The van der Waals surface area contributed by atoms with Gasteiger partial charge in [0.05, 0.1) is 12.7 Å². The third-order valence-electron chi connectivity index (χ3n) is 6.65. The summed E-state index contributed by atoms with van der Waals surface area (Å²) in [7, 11) is 2.25. The van der Waals surface area contributed by atoms with Gasteiger partial charge in [-0.05, 0) is 94.5 Å². The lowest BCUT2D eigenvalue weighted by Crippen LogP contribution is -2.62. The highest BCUT2D eigenvalue weighted by atomic mass is 16.3. The molecule has 0 unspecified atom stereocenters. The first-order valence-electron chi connectivity index (χ1n) is 9.96. The van der Waals surface area contributed by atoms with Gasteiger partial charge in [-0.1, -0.05) is 0 Å². The second-order valence-corrected chi connectivity index (χ2v) is 10.6. The van der Waals surface area contributed by atoms with Gasteiger partial charge in [-0.2, -0.15) is 0 Å². The fourth-order valence-corrected chi connectivity index (χ4v) is 5.08. The van der Waals surface area contributed by atoms with Crippen LogP contribution < -0.4 is 0 Å². The van der Waals surface area contributed by atoms with E-state index >= 15 is 0 Å². The molecule has 0 aliphatic carbocycles. The molecule has 2 fully saturated rings. The number of nitrogens with zero attached hydrogens (tertiary/aromatic N) is 2. The summed E-state index contributed by atoms with van der Waals surface area (Å²) < 4.78 is 0. The first-order chi connectivity index (χ1) is 11.2. The van der Waals surface area contributed by atoms with Gasteiger partial charge in [0.2, 0.25) is 0 Å². The molecule has 0 radical (unpaired) electrons. The highest BCUT2D eigenvalue weighted by molar-refractivity contribution is 5.00. The summed E-state index contributed by atoms with van der Waals surface area (Å²) in [5.41, 5.74) is 0.761. The maximum Gasteiger partial charge on any atom is 0.0575 e. The Hall–Kier alpha value is -0.160. The minimum Gasteiger partial charge on any atom is -0.395 e. The number of likely N-dealkylation sites (tertiary alicyclic amines) is 2. The fraction of sp³-hybridized carbons (Fsp3) is 1.00. The van der Waals surface area contributed by atoms with Gasteiger partial charge in [-0.15, -0.1) is 0 Å². The highest BCUT2D eigenvalue weighted by Crippen LogP contribution is 2.38. The van der Waals surface area contributed by atoms with Crippen molar-refractivity contribution in [3.05, 3.63) is 0 Å². The molecule has 25 heavy (non-hydrogen) atoms. The summed E-state index contributed by atoms with van der Waals surface area (Å²) >= 11 is 0. The van der Waals surface area contributed by atoms with Crippen LogP contribution in [-0.4, -0.2) is 68.5 Å². The van der Waals surface area contributed by atoms with Crippen molar-refractivity contribution in [1.82, 2.24) is 9.80 Å². The van der Waals surface area contributed by atoms with E-state index in [0.717, 1.165) is 12.8 Å². The van der Waals surface area contributed by atoms with Crippen molar-refractivity contribution < 1.29 is 10.2 Å². The maximum absolute atomic E-state index is 9.78. The molecule has 2 heterocycles. The first kappa shape index (κ1) is 22.9. The first-order valence-corrected chi connectivity index (χ1v) is 9.96. The predicted octanol–water partition coefficient (Wildman–Crippen LogP) is 3.65. The number of piperidine rings is 2. The number of aliphatic hydroxyl groups excluding tert-OH is 2. The van der Waals surface area contributed by atoms with E-state index in [1.807, 2.05) is 0 Å². The highest BCUT2D eigenvalue weighted by Gasteiger charge is 2.44. The van der Waals surface area contributed by atoms with Crippen molar-refractivity contribution in [3.8, 4) is 0 Å². The van der Waals surface area contributed by atoms with E-state index < -0.39 is 0 Å². The number of rotatable bonds is 2. The minimum atomic E-state index is -0.213. The molecule has 0 spiro atoms. The van der Waals surface area contributed by atoms with E-state index in [1.165, 1.54) is 19.3 Å². The molecule has 4 heteroatoms. The molecule has 0 aromatic carbocycles. The van der Waals surface area contributed by atoms with Crippen LogP contribution in [0.3, 0.4) is 0 Å². The Kier molecular flexibility index (Phi) is 7.17. The monoisotopic (exact) mass is 356 g/mol. The summed E-state index contributed by atoms with van der Waals surface area (Å²) in [6, 6.07) is 0. The molecular weight excluding hydrogens is 312 g/mol. The molecule has 0 atom stereocenters. The number of hydrogen-bond acceptors (Lipinski definition) is 4. The van der Waals surface area contributed by atoms with Gasteiger partial charge in [-0.3, -0.25) is 9.80 Å². The van der Waals surface area contributed by atoms with Crippen LogP contribution in [0.25, 0.3) is 0 Å². The van der Waals surface area contributed by atoms with Gasteiger partial charge < -0.3 is 10.2 Å². The quantitative estimate of drug-likeness (QED) is 0.793. The lowest BCUT2D eigenvalue weighted by Gasteiger charge is -2.54. The number of aliphatic hydroxyl groups is 2. The van der Waals surface area contributed by atoms with E-state index in [2.05, 4.69) is 72.2 Å². The van der Waals surface area contributed by atoms with Gasteiger partial charge in [-0.25, -0.2) is 0 Å². The topological polar surface area (TPSA) is 46.9 Å². The van der Waals surface area contributed by atoms with Crippen LogP contribution in [0.1, 0.15) is 87.5 Å². The van der Waals surface area contributed by atoms with Gasteiger partial charge in [0.15, 0.2) is 0 Å². The summed E-state index contributed by atoms with van der Waals surface area (Å²) in [5, 5.41) is 18.8. The largest absolute Gasteiger partial charge is 0.395 e. The zero-order valence-electron chi connectivity index (χ0n) is 18.3. The lowest BCUT2D eigenvalue weighted by atomic mass is 9.78. The van der Waals surface area contributed by atoms with E-state index in [4.69, 9.17) is 5.11 Å². The Bertz CT molecular complexity index is 396. The van der Waals surface area contributed by atoms with Crippen LogP contribution in [0.4, 0.5) is 0 Å². The predicted molar refractivity (Wildman–Crippen MR) is 107 cm³/mol. The number of β-amino-alcohol motifs (C(OH)–C–C–N with tert-alkyl or cyclic N) is 1. The van der Waals surface area contributed by atoms with Crippen LogP contribution >= 0.6 is 0 Å². The molecule has 0 aromatic rings. The van der Waals surface area contributed by atoms with Crippen molar-refractivity contribution in [2.45, 2.75) is 116 Å². The zero-order valence-corrected chi connectivity index (χ0v) is 18.3. The molecule has 2 aliphatic rings. The third-order valence-corrected chi connectivity index (χ3v) is 6.65. The van der Waals surface area contributed by atoms with Gasteiger partial charge in [0.1, 0.15) is 0 Å². The van der Waals surface area contributed by atoms with Gasteiger partial charge >= 0.3 is 0 Å². The average molecular weight is 357 g/mol. The molecule has 150 valence electrons. The Morgan fingerprint density at radius 3 is 1.52 bits per heavy atom. The second-order valence-electron chi connectivity index (χ2n) is 10.6. The van der Waals surface area contributed by atoms with Crippen molar-refractivity contribution >= 4 is 0 Å². The maximum atomic E-state index is 9.78. The lowest BCUT2D eigenvalue weighted by molar-refractivity contribution is -0.0858. The molecule has 0 bridgehead atoms. The molecule has 0 amide bonds. The zero-order chi connectivity index (χ0) is 19.7. The standard InChI is InChI=1S/C11H23NO2.C10H21N/c1-10(2)7-9(14)8-11(3,4)12(10)5-6-13;1-9(2)7-6-8-10(3,4)11(9)5/h9,13-14H,5-8H2,1-4H3;6-8H2,1-5H3. The van der Waals surface area contributed by atoms with Gasteiger partial charge in [0.25, 0.3) is 0 Å². The molecule has 2 aliphatic heterocycles. The molecule has 2 rings (SSSR count). The van der Waals surface area contributed by atoms with Crippen LogP contribution in [0.15, 0.2) is 0 Å².